The lowest BCUT2D eigenvalue weighted by molar-refractivity contribution is 0.475. The van der Waals surface area contributed by atoms with Crippen LogP contribution >= 0.6 is 0 Å². The van der Waals surface area contributed by atoms with Crippen molar-refractivity contribution in [3.63, 3.8) is 0 Å². The zero-order valence-corrected chi connectivity index (χ0v) is 6.41. The van der Waals surface area contributed by atoms with E-state index in [1.165, 1.54) is 0 Å². The third-order valence-electron chi connectivity index (χ3n) is 1.34. The largest absolute Gasteiger partial charge is 0.508 e. The smallest absolute Gasteiger partial charge is 0.115 e. The molecule has 0 unspecified atom stereocenters. The SMILES string of the molecule is CN/C=C/c1ccc(O)cc1. The van der Waals surface area contributed by atoms with E-state index in [0.717, 1.165) is 5.56 Å². The zero-order chi connectivity index (χ0) is 8.10. The summed E-state index contributed by atoms with van der Waals surface area (Å²) in [7, 11) is 1.84. The molecule has 0 saturated heterocycles. The van der Waals surface area contributed by atoms with Crippen molar-refractivity contribution in [1.82, 2.24) is 5.32 Å². The van der Waals surface area contributed by atoms with Crippen molar-refractivity contribution in [2.45, 2.75) is 0 Å². The second kappa shape index (κ2) is 3.66. The molecular formula is C9H11NO. The van der Waals surface area contributed by atoms with Crippen molar-refractivity contribution < 1.29 is 5.11 Å². The first kappa shape index (κ1) is 7.66. The first-order valence-corrected chi connectivity index (χ1v) is 3.46. The van der Waals surface area contributed by atoms with Gasteiger partial charge in [-0.1, -0.05) is 12.1 Å². The van der Waals surface area contributed by atoms with Gasteiger partial charge in [-0.25, -0.2) is 0 Å². The molecule has 0 saturated carbocycles. The number of phenols is 1. The van der Waals surface area contributed by atoms with Crippen LogP contribution in [0.1, 0.15) is 5.56 Å². The van der Waals surface area contributed by atoms with Gasteiger partial charge in [0.25, 0.3) is 0 Å². The number of phenolic OH excluding ortho intramolecular Hbond substituents is 1. The van der Waals surface area contributed by atoms with Gasteiger partial charge in [-0.2, -0.15) is 0 Å². The van der Waals surface area contributed by atoms with E-state index in [0.29, 0.717) is 5.75 Å². The molecule has 0 heterocycles. The van der Waals surface area contributed by atoms with Crippen LogP contribution in [0.15, 0.2) is 30.5 Å². The van der Waals surface area contributed by atoms with Crippen LogP contribution < -0.4 is 5.32 Å². The molecule has 0 amide bonds. The van der Waals surface area contributed by atoms with Crippen molar-refractivity contribution in [2.75, 3.05) is 7.05 Å². The Balaban J connectivity index is 2.73. The molecule has 11 heavy (non-hydrogen) atoms. The van der Waals surface area contributed by atoms with Gasteiger partial charge >= 0.3 is 0 Å². The highest BCUT2D eigenvalue weighted by atomic mass is 16.3. The van der Waals surface area contributed by atoms with Crippen LogP contribution in [-0.2, 0) is 0 Å². The fourth-order valence-corrected chi connectivity index (χ4v) is 0.765. The third-order valence-corrected chi connectivity index (χ3v) is 1.34. The summed E-state index contributed by atoms with van der Waals surface area (Å²) in [6, 6.07) is 7.02. The van der Waals surface area contributed by atoms with Gasteiger partial charge in [-0.05, 0) is 30.0 Å². The van der Waals surface area contributed by atoms with Gasteiger partial charge in [0.05, 0.1) is 0 Å². The number of hydrogen-bond donors (Lipinski definition) is 2. The molecule has 1 rings (SSSR count). The molecule has 0 aliphatic heterocycles. The lowest BCUT2D eigenvalue weighted by Crippen LogP contribution is -1.90. The van der Waals surface area contributed by atoms with Crippen molar-refractivity contribution in [3.05, 3.63) is 36.0 Å². The maximum atomic E-state index is 8.94. The van der Waals surface area contributed by atoms with E-state index in [2.05, 4.69) is 5.32 Å². The monoisotopic (exact) mass is 149 g/mol. The zero-order valence-electron chi connectivity index (χ0n) is 6.41. The van der Waals surface area contributed by atoms with Crippen LogP contribution in [0.3, 0.4) is 0 Å². The fourth-order valence-electron chi connectivity index (χ4n) is 0.765. The average Bonchev–Trinajstić information content (AvgIpc) is 2.04. The Morgan fingerprint density at radius 1 is 1.27 bits per heavy atom. The van der Waals surface area contributed by atoms with Gasteiger partial charge in [0.2, 0.25) is 0 Å². The van der Waals surface area contributed by atoms with Gasteiger partial charge < -0.3 is 10.4 Å². The number of benzene rings is 1. The van der Waals surface area contributed by atoms with Gasteiger partial charge in [-0.3, -0.25) is 0 Å². The second-order valence-electron chi connectivity index (χ2n) is 2.21. The molecule has 0 bridgehead atoms. The standard InChI is InChI=1S/C9H11NO/c1-10-7-6-8-2-4-9(11)5-3-8/h2-7,10-11H,1H3/b7-6+. The molecule has 0 aliphatic rings. The van der Waals surface area contributed by atoms with Crippen molar-refractivity contribution in [2.24, 2.45) is 0 Å². The van der Waals surface area contributed by atoms with Gasteiger partial charge in [0.15, 0.2) is 0 Å². The molecule has 0 spiro atoms. The van der Waals surface area contributed by atoms with Crippen LogP contribution in [0.5, 0.6) is 5.75 Å². The summed E-state index contributed by atoms with van der Waals surface area (Å²) in [5.74, 6) is 0.298. The number of hydrogen-bond acceptors (Lipinski definition) is 2. The lowest BCUT2D eigenvalue weighted by atomic mass is 10.2. The second-order valence-corrected chi connectivity index (χ2v) is 2.21. The normalized spacial score (nSPS) is 10.3. The number of nitrogens with one attached hydrogen (secondary N) is 1. The van der Waals surface area contributed by atoms with E-state index < -0.39 is 0 Å². The van der Waals surface area contributed by atoms with Crippen LogP contribution in [0, 0.1) is 0 Å². The van der Waals surface area contributed by atoms with Crippen LogP contribution in [-0.4, -0.2) is 12.2 Å². The van der Waals surface area contributed by atoms with Gasteiger partial charge in [0, 0.05) is 7.05 Å². The Labute approximate surface area is 66.2 Å². The van der Waals surface area contributed by atoms with E-state index in [1.54, 1.807) is 12.1 Å². The number of rotatable bonds is 2. The Hall–Kier alpha value is -1.44. The quantitative estimate of drug-likeness (QED) is 0.669. The topological polar surface area (TPSA) is 32.3 Å². The molecule has 0 aliphatic carbocycles. The lowest BCUT2D eigenvalue weighted by Gasteiger charge is -1.93. The Bertz CT molecular complexity index is 238. The van der Waals surface area contributed by atoms with Crippen molar-refractivity contribution >= 4 is 6.08 Å². The summed E-state index contributed by atoms with van der Waals surface area (Å²) < 4.78 is 0. The molecule has 0 radical (unpaired) electrons. The first-order valence-electron chi connectivity index (χ1n) is 3.46. The van der Waals surface area contributed by atoms with Crippen molar-refractivity contribution in [1.29, 1.82) is 0 Å². The Kier molecular flexibility index (Phi) is 2.55. The molecule has 1 aromatic carbocycles. The highest BCUT2D eigenvalue weighted by Crippen LogP contribution is 2.09. The summed E-state index contributed by atoms with van der Waals surface area (Å²) in [6.07, 6.45) is 3.77. The van der Waals surface area contributed by atoms with E-state index in [4.69, 9.17) is 5.11 Å². The summed E-state index contributed by atoms with van der Waals surface area (Å²) in [5.41, 5.74) is 1.07. The average molecular weight is 149 g/mol. The van der Waals surface area contributed by atoms with E-state index in [9.17, 15) is 0 Å². The van der Waals surface area contributed by atoms with Crippen LogP contribution in [0.25, 0.3) is 6.08 Å². The molecule has 1 aromatic rings. The maximum absolute atomic E-state index is 8.94. The minimum absolute atomic E-state index is 0.298. The highest BCUT2D eigenvalue weighted by molar-refractivity contribution is 5.49. The summed E-state index contributed by atoms with van der Waals surface area (Å²) >= 11 is 0. The minimum Gasteiger partial charge on any atom is -0.508 e. The first-order chi connectivity index (χ1) is 5.33. The highest BCUT2D eigenvalue weighted by Gasteiger charge is 1.85. The third kappa shape index (κ3) is 2.34. The molecule has 2 N–H and O–H groups in total. The minimum atomic E-state index is 0.298. The van der Waals surface area contributed by atoms with Gasteiger partial charge in [-0.15, -0.1) is 0 Å². The molecule has 2 nitrogen and oxygen atoms in total. The van der Waals surface area contributed by atoms with E-state index in [1.807, 2.05) is 31.5 Å². The van der Waals surface area contributed by atoms with Gasteiger partial charge in [0.1, 0.15) is 5.75 Å². The van der Waals surface area contributed by atoms with E-state index in [-0.39, 0.29) is 0 Å². The predicted octanol–water partition coefficient (Wildman–Crippen LogP) is 1.58. The van der Waals surface area contributed by atoms with Crippen molar-refractivity contribution in [3.8, 4) is 5.75 Å². The van der Waals surface area contributed by atoms with Crippen LogP contribution in [0.2, 0.25) is 0 Å². The summed E-state index contributed by atoms with van der Waals surface area (Å²) in [6.45, 7) is 0. The molecule has 58 valence electrons. The summed E-state index contributed by atoms with van der Waals surface area (Å²) in [5, 5.41) is 11.8. The van der Waals surface area contributed by atoms with E-state index >= 15 is 0 Å². The molecule has 0 atom stereocenters. The Morgan fingerprint density at radius 2 is 1.91 bits per heavy atom. The number of aromatic hydroxyl groups is 1. The molecule has 0 fully saturated rings. The predicted molar refractivity (Wildman–Crippen MR) is 46.2 cm³/mol. The molecule has 0 aromatic heterocycles. The Morgan fingerprint density at radius 3 is 2.45 bits per heavy atom. The fraction of sp³-hybridized carbons (Fsp3) is 0.111. The maximum Gasteiger partial charge on any atom is 0.115 e. The molecule has 2 heteroatoms. The van der Waals surface area contributed by atoms with Crippen LogP contribution in [0.4, 0.5) is 0 Å². The summed E-state index contributed by atoms with van der Waals surface area (Å²) in [4.78, 5) is 0. The molecular weight excluding hydrogens is 138 g/mol.